The summed E-state index contributed by atoms with van der Waals surface area (Å²) in [6.07, 6.45) is 2.50. The maximum absolute atomic E-state index is 12.1. The largest absolute Gasteiger partial charge is 0.355 e. The highest BCUT2D eigenvalue weighted by molar-refractivity contribution is 5.78. The van der Waals surface area contributed by atoms with Crippen molar-refractivity contribution in [1.82, 2.24) is 15.1 Å². The van der Waals surface area contributed by atoms with Crippen LogP contribution < -0.4 is 11.1 Å². The lowest BCUT2D eigenvalue weighted by molar-refractivity contribution is -0.133. The van der Waals surface area contributed by atoms with Gasteiger partial charge >= 0.3 is 0 Å². The lowest BCUT2D eigenvalue weighted by Gasteiger charge is -2.34. The minimum absolute atomic E-state index is 0.0629. The summed E-state index contributed by atoms with van der Waals surface area (Å²) < 4.78 is 0. The minimum atomic E-state index is 0.0629. The van der Waals surface area contributed by atoms with Crippen LogP contribution in [-0.4, -0.2) is 67.4 Å². The fraction of sp³-hybridized carbons (Fsp3) is 0.867. The second kappa shape index (κ2) is 9.73. The monoisotopic (exact) mass is 298 g/mol. The Kier molecular flexibility index (Phi) is 8.30. The van der Waals surface area contributed by atoms with Gasteiger partial charge in [-0.3, -0.25) is 14.5 Å². The first-order valence-corrected chi connectivity index (χ1v) is 8.03. The number of hydrogen-bond acceptors (Lipinski definition) is 4. The van der Waals surface area contributed by atoms with Crippen molar-refractivity contribution in [1.29, 1.82) is 0 Å². The molecule has 0 aromatic heterocycles. The van der Waals surface area contributed by atoms with Crippen LogP contribution in [0.5, 0.6) is 0 Å². The average Bonchev–Trinajstić information content (AvgIpc) is 2.46. The smallest absolute Gasteiger partial charge is 0.234 e. The molecule has 2 amide bonds. The molecule has 0 bridgehead atoms. The molecule has 0 saturated carbocycles. The van der Waals surface area contributed by atoms with Crippen molar-refractivity contribution in [2.75, 3.05) is 45.8 Å². The molecule has 1 aliphatic rings. The van der Waals surface area contributed by atoms with Crippen LogP contribution in [0.15, 0.2) is 0 Å². The molecule has 0 aromatic carbocycles. The van der Waals surface area contributed by atoms with Gasteiger partial charge in [0.25, 0.3) is 0 Å². The van der Waals surface area contributed by atoms with Crippen molar-refractivity contribution < 1.29 is 9.59 Å². The van der Waals surface area contributed by atoms with E-state index in [9.17, 15) is 9.59 Å². The number of rotatable bonds is 8. The van der Waals surface area contributed by atoms with E-state index in [0.717, 1.165) is 39.0 Å². The average molecular weight is 298 g/mol. The van der Waals surface area contributed by atoms with E-state index in [1.807, 2.05) is 11.8 Å². The molecule has 6 nitrogen and oxygen atoms in total. The van der Waals surface area contributed by atoms with Gasteiger partial charge in [-0.1, -0.05) is 6.92 Å². The van der Waals surface area contributed by atoms with E-state index in [1.54, 1.807) is 0 Å². The zero-order valence-electron chi connectivity index (χ0n) is 13.4. The fourth-order valence-electron chi connectivity index (χ4n) is 2.57. The quantitative estimate of drug-likeness (QED) is 0.663. The number of nitrogens with two attached hydrogens (primary N) is 1. The third-order valence-electron chi connectivity index (χ3n) is 3.98. The van der Waals surface area contributed by atoms with Crippen molar-refractivity contribution in [3.63, 3.8) is 0 Å². The van der Waals surface area contributed by atoms with Crippen LogP contribution in [0.25, 0.3) is 0 Å². The van der Waals surface area contributed by atoms with Gasteiger partial charge in [0.15, 0.2) is 0 Å². The molecular formula is C15H30N4O2. The number of piperazine rings is 1. The topological polar surface area (TPSA) is 78.7 Å². The minimum Gasteiger partial charge on any atom is -0.355 e. The standard InChI is InChI=1S/C15H30N4O2/c1-3-17-14(20)12-18-8-10-19(11-9-18)15(21)5-4-13(2)6-7-16/h13H,3-12,16H2,1-2H3,(H,17,20). The lowest BCUT2D eigenvalue weighted by atomic mass is 10.0. The normalized spacial score (nSPS) is 17.6. The van der Waals surface area contributed by atoms with Gasteiger partial charge in [-0.05, 0) is 32.2 Å². The summed E-state index contributed by atoms with van der Waals surface area (Å²) in [6.45, 7) is 8.86. The Balaban J connectivity index is 2.22. The first-order valence-electron chi connectivity index (χ1n) is 8.03. The van der Waals surface area contributed by atoms with Crippen LogP contribution in [0.4, 0.5) is 0 Å². The Labute approximate surface area is 128 Å². The van der Waals surface area contributed by atoms with Crippen LogP contribution in [-0.2, 0) is 9.59 Å². The highest BCUT2D eigenvalue weighted by Crippen LogP contribution is 2.12. The van der Waals surface area contributed by atoms with Gasteiger partial charge in [0.05, 0.1) is 6.54 Å². The van der Waals surface area contributed by atoms with E-state index >= 15 is 0 Å². The highest BCUT2D eigenvalue weighted by Gasteiger charge is 2.22. The number of nitrogens with one attached hydrogen (secondary N) is 1. The van der Waals surface area contributed by atoms with E-state index < -0.39 is 0 Å². The first-order chi connectivity index (χ1) is 10.1. The second-order valence-corrected chi connectivity index (χ2v) is 5.83. The second-order valence-electron chi connectivity index (χ2n) is 5.83. The third kappa shape index (κ3) is 6.91. The highest BCUT2D eigenvalue weighted by atomic mass is 16.2. The molecule has 21 heavy (non-hydrogen) atoms. The van der Waals surface area contributed by atoms with E-state index in [4.69, 9.17) is 5.73 Å². The molecule has 1 unspecified atom stereocenters. The van der Waals surface area contributed by atoms with E-state index in [-0.39, 0.29) is 11.8 Å². The van der Waals surface area contributed by atoms with Gasteiger partial charge in [0.2, 0.25) is 11.8 Å². The number of carbonyl (C=O) groups is 2. The molecule has 0 aliphatic carbocycles. The Morgan fingerprint density at radius 1 is 1.19 bits per heavy atom. The molecule has 1 atom stereocenters. The third-order valence-corrected chi connectivity index (χ3v) is 3.98. The number of hydrogen-bond donors (Lipinski definition) is 2. The number of amides is 2. The SMILES string of the molecule is CCNC(=O)CN1CCN(C(=O)CCC(C)CCN)CC1. The summed E-state index contributed by atoms with van der Waals surface area (Å²) in [6, 6.07) is 0. The van der Waals surface area contributed by atoms with Crippen LogP contribution in [0.2, 0.25) is 0 Å². The van der Waals surface area contributed by atoms with Gasteiger partial charge in [0, 0.05) is 39.1 Å². The molecule has 6 heteroatoms. The summed E-state index contributed by atoms with van der Waals surface area (Å²) in [5.74, 6) is 0.808. The molecule has 1 saturated heterocycles. The lowest BCUT2D eigenvalue weighted by Crippen LogP contribution is -2.51. The predicted octanol–water partition coefficient (Wildman–Crippen LogP) is 0.0318. The Morgan fingerprint density at radius 3 is 2.43 bits per heavy atom. The molecule has 0 aromatic rings. The molecule has 1 fully saturated rings. The van der Waals surface area contributed by atoms with E-state index in [1.165, 1.54) is 0 Å². The van der Waals surface area contributed by atoms with Gasteiger partial charge in [0.1, 0.15) is 0 Å². The Morgan fingerprint density at radius 2 is 1.86 bits per heavy atom. The van der Waals surface area contributed by atoms with Crippen LogP contribution in [0.3, 0.4) is 0 Å². The molecule has 1 aliphatic heterocycles. The van der Waals surface area contributed by atoms with Crippen LogP contribution >= 0.6 is 0 Å². The van der Waals surface area contributed by atoms with E-state index in [0.29, 0.717) is 32.0 Å². The summed E-state index contributed by atoms with van der Waals surface area (Å²) in [5, 5.41) is 2.80. The summed E-state index contributed by atoms with van der Waals surface area (Å²) in [4.78, 5) is 27.7. The summed E-state index contributed by atoms with van der Waals surface area (Å²) in [5.41, 5.74) is 5.52. The van der Waals surface area contributed by atoms with Gasteiger partial charge < -0.3 is 16.0 Å². The van der Waals surface area contributed by atoms with Crippen molar-refractivity contribution in [3.05, 3.63) is 0 Å². The molecule has 0 radical (unpaired) electrons. The summed E-state index contributed by atoms with van der Waals surface area (Å²) >= 11 is 0. The van der Waals surface area contributed by atoms with Crippen molar-refractivity contribution in [2.24, 2.45) is 11.7 Å². The molecule has 1 rings (SSSR count). The Hall–Kier alpha value is -1.14. The number of carbonyl (C=O) groups excluding carboxylic acids is 2. The van der Waals surface area contributed by atoms with Crippen LogP contribution in [0.1, 0.15) is 33.1 Å². The zero-order valence-corrected chi connectivity index (χ0v) is 13.4. The van der Waals surface area contributed by atoms with Gasteiger partial charge in [-0.15, -0.1) is 0 Å². The van der Waals surface area contributed by atoms with Gasteiger partial charge in [-0.2, -0.15) is 0 Å². The maximum Gasteiger partial charge on any atom is 0.234 e. The van der Waals surface area contributed by atoms with Crippen molar-refractivity contribution >= 4 is 11.8 Å². The molecule has 1 heterocycles. The predicted molar refractivity (Wildman–Crippen MR) is 83.8 cm³/mol. The van der Waals surface area contributed by atoms with E-state index in [2.05, 4.69) is 17.1 Å². The molecular weight excluding hydrogens is 268 g/mol. The Bertz CT molecular complexity index is 328. The molecule has 3 N–H and O–H groups in total. The van der Waals surface area contributed by atoms with Crippen LogP contribution in [0, 0.1) is 5.92 Å². The molecule has 0 spiro atoms. The van der Waals surface area contributed by atoms with Gasteiger partial charge in [-0.25, -0.2) is 0 Å². The number of nitrogens with zero attached hydrogens (tertiary/aromatic N) is 2. The van der Waals surface area contributed by atoms with Crippen molar-refractivity contribution in [2.45, 2.75) is 33.1 Å². The van der Waals surface area contributed by atoms with Crippen molar-refractivity contribution in [3.8, 4) is 0 Å². The zero-order chi connectivity index (χ0) is 15.7. The maximum atomic E-state index is 12.1. The summed E-state index contributed by atoms with van der Waals surface area (Å²) in [7, 11) is 0. The number of likely N-dealkylation sites (N-methyl/N-ethyl adjacent to an activating group) is 1. The molecule has 122 valence electrons. The fourth-order valence-corrected chi connectivity index (χ4v) is 2.57. The first kappa shape index (κ1) is 17.9.